The lowest BCUT2D eigenvalue weighted by Gasteiger charge is -2.31. The van der Waals surface area contributed by atoms with Gasteiger partial charge in [-0.25, -0.2) is 0 Å². The molecule has 2 aromatic carbocycles. The van der Waals surface area contributed by atoms with Gasteiger partial charge in [-0.15, -0.1) is 0 Å². The molecule has 0 N–H and O–H groups in total. The second-order valence-electron chi connectivity index (χ2n) is 5.73. The molecular weight excluding hydrogens is 411 g/mol. The molecule has 0 nitrogen and oxygen atoms in total. The van der Waals surface area contributed by atoms with E-state index in [1.165, 1.54) is 22.3 Å². The first-order valence-corrected chi connectivity index (χ1v) is 9.56. The molecule has 0 aromatic heterocycles. The van der Waals surface area contributed by atoms with Crippen molar-refractivity contribution in [1.29, 1.82) is 0 Å². The molecule has 112 valence electrons. The summed E-state index contributed by atoms with van der Waals surface area (Å²) in [5, 5.41) is 2.59. The van der Waals surface area contributed by atoms with E-state index in [1.807, 2.05) is 12.1 Å². The highest BCUT2D eigenvalue weighted by Crippen LogP contribution is 2.34. The molecule has 0 amide bonds. The average molecular weight is 431 g/mol. The topological polar surface area (TPSA) is 0 Å². The Kier molecular flexibility index (Phi) is 5.93. The Hall–Kier alpha value is -0.310. The molecule has 2 aromatic rings. The summed E-state index contributed by atoms with van der Waals surface area (Å²) in [6.45, 7) is 4.31. The van der Waals surface area contributed by atoms with Gasteiger partial charge in [0.1, 0.15) is 0 Å². The Labute approximate surface area is 149 Å². The molecule has 0 radical (unpaired) electrons. The first-order valence-electron chi connectivity index (χ1n) is 6.94. The molecule has 0 bridgehead atoms. The van der Waals surface area contributed by atoms with Gasteiger partial charge in [-0.2, -0.15) is 0 Å². The summed E-state index contributed by atoms with van der Waals surface area (Å²) in [5.74, 6) is 0. The Morgan fingerprint density at radius 2 is 1.43 bits per heavy atom. The maximum atomic E-state index is 6.03. The van der Waals surface area contributed by atoms with Gasteiger partial charge in [0.25, 0.3) is 0 Å². The van der Waals surface area contributed by atoms with Crippen LogP contribution in [0.1, 0.15) is 22.3 Å². The van der Waals surface area contributed by atoms with Crippen molar-refractivity contribution >= 4 is 43.5 Å². The highest BCUT2D eigenvalue weighted by Gasteiger charge is 2.30. The van der Waals surface area contributed by atoms with Crippen molar-refractivity contribution in [3.05, 3.63) is 69.7 Å². The summed E-state index contributed by atoms with van der Waals surface area (Å²) in [6, 6.07) is 15.0. The summed E-state index contributed by atoms with van der Waals surface area (Å²) < 4.78 is 0. The lowest BCUT2D eigenvalue weighted by molar-refractivity contribution is 0.551. The molecule has 2 rings (SSSR count). The van der Waals surface area contributed by atoms with Crippen molar-refractivity contribution in [1.82, 2.24) is 0 Å². The zero-order valence-electron chi connectivity index (χ0n) is 12.3. The first kappa shape index (κ1) is 17.1. The molecule has 0 aliphatic heterocycles. The molecular formula is C18H19Br2Cl. The van der Waals surface area contributed by atoms with Gasteiger partial charge in [0, 0.05) is 21.1 Å². The van der Waals surface area contributed by atoms with Crippen LogP contribution in [0.2, 0.25) is 5.02 Å². The summed E-state index contributed by atoms with van der Waals surface area (Å²) in [6.07, 6.45) is 0.994. The van der Waals surface area contributed by atoms with Crippen LogP contribution in [-0.2, 0) is 11.8 Å². The fraction of sp³-hybridized carbons (Fsp3) is 0.333. The van der Waals surface area contributed by atoms with Crippen molar-refractivity contribution in [3.63, 3.8) is 0 Å². The summed E-state index contributed by atoms with van der Waals surface area (Å²) in [4.78, 5) is 0. The normalized spacial score (nSPS) is 11.7. The van der Waals surface area contributed by atoms with Crippen molar-refractivity contribution in [2.45, 2.75) is 25.7 Å². The largest absolute Gasteiger partial charge is 0.0918 e. The third-order valence-electron chi connectivity index (χ3n) is 3.79. The molecule has 0 heterocycles. The second-order valence-corrected chi connectivity index (χ2v) is 7.29. The summed E-state index contributed by atoms with van der Waals surface area (Å²) in [5.41, 5.74) is 5.35. The Bertz CT molecular complexity index is 581. The summed E-state index contributed by atoms with van der Waals surface area (Å²) in [7, 11) is 0. The molecule has 0 unspecified atom stereocenters. The van der Waals surface area contributed by atoms with Gasteiger partial charge in [0.05, 0.1) is 0 Å². The molecule has 0 fully saturated rings. The monoisotopic (exact) mass is 428 g/mol. The van der Waals surface area contributed by atoms with Crippen LogP contribution in [0, 0.1) is 13.8 Å². The average Bonchev–Trinajstić information content (AvgIpc) is 2.45. The molecule has 0 saturated carbocycles. The highest BCUT2D eigenvalue weighted by molar-refractivity contribution is 9.09. The standard InChI is InChI=1S/C18H19Br2Cl/c1-13-7-14(2)9-15(8-13)10-18(11-19,12-20)16-3-5-17(21)6-4-16/h3-9H,10-12H2,1-2H3. The lowest BCUT2D eigenvalue weighted by Crippen LogP contribution is -2.33. The number of aryl methyl sites for hydroxylation is 2. The zero-order chi connectivity index (χ0) is 15.5. The minimum Gasteiger partial charge on any atom is -0.0918 e. The number of rotatable bonds is 5. The van der Waals surface area contributed by atoms with Gasteiger partial charge in [-0.05, 0) is 43.5 Å². The van der Waals surface area contributed by atoms with Gasteiger partial charge < -0.3 is 0 Å². The maximum absolute atomic E-state index is 6.03. The number of benzene rings is 2. The molecule has 21 heavy (non-hydrogen) atoms. The van der Waals surface area contributed by atoms with E-state index in [1.54, 1.807) is 0 Å². The van der Waals surface area contributed by atoms with Gasteiger partial charge in [0.2, 0.25) is 0 Å². The third-order valence-corrected chi connectivity index (χ3v) is 6.19. The first-order chi connectivity index (χ1) is 9.99. The van der Waals surface area contributed by atoms with Crippen LogP contribution in [0.4, 0.5) is 0 Å². The minimum absolute atomic E-state index is 0.0326. The highest BCUT2D eigenvalue weighted by atomic mass is 79.9. The van der Waals surface area contributed by atoms with Crippen molar-refractivity contribution < 1.29 is 0 Å². The molecule has 0 saturated heterocycles. The van der Waals surface area contributed by atoms with E-state index in [9.17, 15) is 0 Å². The van der Waals surface area contributed by atoms with E-state index in [0.717, 1.165) is 22.1 Å². The quantitative estimate of drug-likeness (QED) is 0.494. The number of alkyl halides is 2. The lowest BCUT2D eigenvalue weighted by atomic mass is 9.78. The molecule has 3 heteroatoms. The number of halogens is 3. The molecule has 0 spiro atoms. The van der Waals surface area contributed by atoms with E-state index in [2.05, 4.69) is 76.0 Å². The SMILES string of the molecule is Cc1cc(C)cc(CC(CBr)(CBr)c2ccc(Cl)cc2)c1. The van der Waals surface area contributed by atoms with E-state index < -0.39 is 0 Å². The van der Waals surface area contributed by atoms with Crippen molar-refractivity contribution in [3.8, 4) is 0 Å². The van der Waals surface area contributed by atoms with Gasteiger partial charge in [-0.1, -0.05) is 84.9 Å². The van der Waals surface area contributed by atoms with Crippen molar-refractivity contribution in [2.75, 3.05) is 10.7 Å². The van der Waals surface area contributed by atoms with Gasteiger partial charge >= 0.3 is 0 Å². The fourth-order valence-electron chi connectivity index (χ4n) is 2.75. The van der Waals surface area contributed by atoms with Crippen LogP contribution in [0.25, 0.3) is 0 Å². The van der Waals surface area contributed by atoms with E-state index in [0.29, 0.717) is 0 Å². The Morgan fingerprint density at radius 1 is 0.905 bits per heavy atom. The van der Waals surface area contributed by atoms with Gasteiger partial charge in [-0.3, -0.25) is 0 Å². The number of hydrogen-bond acceptors (Lipinski definition) is 0. The number of hydrogen-bond donors (Lipinski definition) is 0. The Balaban J connectivity index is 2.40. The molecule has 0 aliphatic rings. The van der Waals surface area contributed by atoms with E-state index in [4.69, 9.17) is 11.6 Å². The predicted octanol–water partition coefficient (Wildman–Crippen LogP) is 6.23. The van der Waals surface area contributed by atoms with Crippen molar-refractivity contribution in [2.24, 2.45) is 0 Å². The van der Waals surface area contributed by atoms with Crippen LogP contribution in [0.3, 0.4) is 0 Å². The second kappa shape index (κ2) is 7.30. The predicted molar refractivity (Wildman–Crippen MR) is 100 cm³/mol. The van der Waals surface area contributed by atoms with E-state index in [-0.39, 0.29) is 5.41 Å². The smallest absolute Gasteiger partial charge is 0.0406 e. The zero-order valence-corrected chi connectivity index (χ0v) is 16.2. The van der Waals surface area contributed by atoms with Crippen LogP contribution in [-0.4, -0.2) is 10.7 Å². The fourth-order valence-corrected chi connectivity index (χ4v) is 4.85. The maximum Gasteiger partial charge on any atom is 0.0406 e. The van der Waals surface area contributed by atoms with Crippen LogP contribution in [0.15, 0.2) is 42.5 Å². The van der Waals surface area contributed by atoms with Crippen LogP contribution >= 0.6 is 43.5 Å². The van der Waals surface area contributed by atoms with Crippen LogP contribution in [0.5, 0.6) is 0 Å². The Morgan fingerprint density at radius 3 is 1.90 bits per heavy atom. The van der Waals surface area contributed by atoms with Crippen LogP contribution < -0.4 is 0 Å². The van der Waals surface area contributed by atoms with E-state index >= 15 is 0 Å². The molecule has 0 atom stereocenters. The van der Waals surface area contributed by atoms with Gasteiger partial charge in [0.15, 0.2) is 0 Å². The molecule has 0 aliphatic carbocycles. The minimum atomic E-state index is 0.0326. The third kappa shape index (κ3) is 4.12. The summed E-state index contributed by atoms with van der Waals surface area (Å²) >= 11 is 13.5.